The molecule has 3 rings (SSSR count). The number of H-pyrrole nitrogens is 1. The molecule has 0 atom stereocenters. The predicted molar refractivity (Wildman–Crippen MR) is 122 cm³/mol. The van der Waals surface area contributed by atoms with E-state index in [9.17, 15) is 9.90 Å². The Kier molecular flexibility index (Phi) is 7.67. The van der Waals surface area contributed by atoms with Gasteiger partial charge in [0, 0.05) is 11.6 Å². The van der Waals surface area contributed by atoms with E-state index in [1.165, 1.54) is 27.4 Å². The molecule has 0 unspecified atom stereocenters. The predicted octanol–water partition coefficient (Wildman–Crippen LogP) is 3.73. The molecule has 0 radical (unpaired) electrons. The summed E-state index contributed by atoms with van der Waals surface area (Å²) in [4.78, 5) is 16.3. The SMILES string of the molecule is COc1cc(OC)cc(-c2nc(S/C(=C\c3cc(OC)c(OC)c(OC)c3)C(=O)O)n[nH]2)c1. The van der Waals surface area contributed by atoms with Gasteiger partial charge in [-0.2, -0.15) is 0 Å². The molecule has 1 aromatic heterocycles. The first-order chi connectivity index (χ1) is 15.9. The maximum absolute atomic E-state index is 11.9. The van der Waals surface area contributed by atoms with Crippen LogP contribution in [0.15, 0.2) is 40.4 Å². The summed E-state index contributed by atoms with van der Waals surface area (Å²) in [6.45, 7) is 0. The highest BCUT2D eigenvalue weighted by Gasteiger charge is 2.17. The normalized spacial score (nSPS) is 11.1. The summed E-state index contributed by atoms with van der Waals surface area (Å²) in [6, 6.07) is 8.56. The summed E-state index contributed by atoms with van der Waals surface area (Å²) in [7, 11) is 7.56. The summed E-state index contributed by atoms with van der Waals surface area (Å²) in [6.07, 6.45) is 1.47. The lowest BCUT2D eigenvalue weighted by molar-refractivity contribution is -0.131. The second kappa shape index (κ2) is 10.6. The first-order valence-corrected chi connectivity index (χ1v) is 10.3. The zero-order chi connectivity index (χ0) is 24.0. The van der Waals surface area contributed by atoms with Crippen LogP contribution < -0.4 is 23.7 Å². The van der Waals surface area contributed by atoms with Crippen LogP contribution >= 0.6 is 11.8 Å². The van der Waals surface area contributed by atoms with Gasteiger partial charge in [-0.25, -0.2) is 9.78 Å². The Labute approximate surface area is 194 Å². The van der Waals surface area contributed by atoms with Gasteiger partial charge in [-0.1, -0.05) is 0 Å². The highest BCUT2D eigenvalue weighted by Crippen LogP contribution is 2.39. The minimum Gasteiger partial charge on any atom is -0.497 e. The molecule has 0 spiro atoms. The molecule has 0 fully saturated rings. The third-order valence-electron chi connectivity index (χ3n) is 4.49. The number of nitrogens with one attached hydrogen (secondary N) is 1. The Bertz CT molecular complexity index is 1130. The molecule has 0 aliphatic carbocycles. The fourth-order valence-corrected chi connectivity index (χ4v) is 3.64. The molecule has 11 heteroatoms. The number of hydrogen-bond donors (Lipinski definition) is 2. The zero-order valence-corrected chi connectivity index (χ0v) is 19.5. The van der Waals surface area contributed by atoms with E-state index in [1.54, 1.807) is 44.6 Å². The maximum Gasteiger partial charge on any atom is 0.342 e. The monoisotopic (exact) mass is 473 g/mol. The minimum atomic E-state index is -1.14. The fraction of sp³-hybridized carbons (Fsp3) is 0.227. The van der Waals surface area contributed by atoms with Crippen LogP contribution in [0.2, 0.25) is 0 Å². The molecule has 2 N–H and O–H groups in total. The van der Waals surface area contributed by atoms with Gasteiger partial charge >= 0.3 is 5.97 Å². The summed E-state index contributed by atoms with van der Waals surface area (Å²) >= 11 is 0.897. The standard InChI is InChI=1S/C22H23N3O7S/c1-28-14-9-13(10-15(11-14)29-2)20-23-22(25-24-20)33-18(21(26)27)8-12-6-16(30-3)19(32-5)17(7-12)31-4/h6-11H,1-5H3,(H,26,27)(H,23,24,25)/b18-8-. The van der Waals surface area contributed by atoms with Crippen molar-refractivity contribution >= 4 is 23.8 Å². The van der Waals surface area contributed by atoms with Crippen molar-refractivity contribution in [1.29, 1.82) is 0 Å². The first-order valence-electron chi connectivity index (χ1n) is 9.51. The molecule has 0 saturated heterocycles. The molecule has 174 valence electrons. The fourth-order valence-electron chi connectivity index (χ4n) is 2.93. The van der Waals surface area contributed by atoms with Crippen LogP contribution in [0.3, 0.4) is 0 Å². The molecular weight excluding hydrogens is 450 g/mol. The van der Waals surface area contributed by atoms with Gasteiger partial charge in [0.2, 0.25) is 10.9 Å². The molecular formula is C22H23N3O7S. The van der Waals surface area contributed by atoms with Gasteiger partial charge in [-0.05, 0) is 47.7 Å². The van der Waals surface area contributed by atoms with Gasteiger partial charge < -0.3 is 28.8 Å². The van der Waals surface area contributed by atoms with Crippen LogP contribution in [0.5, 0.6) is 28.7 Å². The number of aliphatic carboxylic acids is 1. The van der Waals surface area contributed by atoms with E-state index < -0.39 is 5.97 Å². The van der Waals surface area contributed by atoms with Crippen LogP contribution in [0, 0.1) is 0 Å². The number of carbonyl (C=O) groups is 1. The minimum absolute atomic E-state index is 0.00181. The molecule has 2 aromatic carbocycles. The molecule has 10 nitrogen and oxygen atoms in total. The van der Waals surface area contributed by atoms with E-state index in [0.717, 1.165) is 11.8 Å². The maximum atomic E-state index is 11.9. The largest absolute Gasteiger partial charge is 0.497 e. The number of ether oxygens (including phenoxy) is 5. The van der Waals surface area contributed by atoms with E-state index in [2.05, 4.69) is 15.2 Å². The average Bonchev–Trinajstić information content (AvgIpc) is 3.31. The quantitative estimate of drug-likeness (QED) is 0.332. The number of aromatic amines is 1. The average molecular weight is 474 g/mol. The van der Waals surface area contributed by atoms with Crippen LogP contribution in [0.1, 0.15) is 5.56 Å². The van der Waals surface area contributed by atoms with Gasteiger partial charge in [0.15, 0.2) is 17.3 Å². The number of thioether (sulfide) groups is 1. The Morgan fingerprint density at radius 2 is 1.52 bits per heavy atom. The number of hydrogen-bond acceptors (Lipinski definition) is 9. The molecule has 3 aromatic rings. The van der Waals surface area contributed by atoms with Crippen molar-refractivity contribution in [1.82, 2.24) is 15.2 Å². The summed E-state index contributed by atoms with van der Waals surface area (Å²) < 4.78 is 26.5. The second-order valence-electron chi connectivity index (χ2n) is 6.44. The van der Waals surface area contributed by atoms with Gasteiger partial charge in [0.1, 0.15) is 16.4 Å². The summed E-state index contributed by atoms with van der Waals surface area (Å²) in [5.41, 5.74) is 1.22. The Morgan fingerprint density at radius 3 is 2.00 bits per heavy atom. The molecule has 0 aliphatic heterocycles. The number of carboxylic acids is 1. The van der Waals surface area contributed by atoms with E-state index in [1.807, 2.05) is 0 Å². The van der Waals surface area contributed by atoms with E-state index in [-0.39, 0.29) is 10.1 Å². The van der Waals surface area contributed by atoms with Crippen molar-refractivity contribution in [2.45, 2.75) is 5.16 Å². The lowest BCUT2D eigenvalue weighted by Gasteiger charge is -2.13. The van der Waals surface area contributed by atoms with Gasteiger partial charge in [-0.3, -0.25) is 5.10 Å². The third-order valence-corrected chi connectivity index (χ3v) is 5.36. The van der Waals surface area contributed by atoms with Crippen molar-refractivity contribution in [3.05, 3.63) is 40.8 Å². The number of aromatic nitrogens is 3. The Balaban J connectivity index is 1.93. The second-order valence-corrected chi connectivity index (χ2v) is 7.45. The number of nitrogens with zero attached hydrogens (tertiary/aromatic N) is 2. The van der Waals surface area contributed by atoms with Gasteiger partial charge in [0.05, 0.1) is 35.5 Å². The molecule has 1 heterocycles. The number of methoxy groups -OCH3 is 5. The number of carboxylic acid groups (broad SMARTS) is 1. The van der Waals surface area contributed by atoms with Crippen LogP contribution in [0.4, 0.5) is 0 Å². The highest BCUT2D eigenvalue weighted by molar-refractivity contribution is 8.04. The zero-order valence-electron chi connectivity index (χ0n) is 18.7. The topological polar surface area (TPSA) is 125 Å². The Hall–Kier alpha value is -3.86. The van der Waals surface area contributed by atoms with E-state index in [4.69, 9.17) is 23.7 Å². The molecule has 0 aliphatic rings. The smallest absolute Gasteiger partial charge is 0.342 e. The van der Waals surface area contributed by atoms with Crippen molar-refractivity contribution in [2.24, 2.45) is 0 Å². The molecule has 33 heavy (non-hydrogen) atoms. The van der Waals surface area contributed by atoms with Crippen molar-refractivity contribution < 1.29 is 33.6 Å². The van der Waals surface area contributed by atoms with Crippen molar-refractivity contribution in [2.75, 3.05) is 35.5 Å². The van der Waals surface area contributed by atoms with Gasteiger partial charge in [-0.15, -0.1) is 5.10 Å². The Morgan fingerprint density at radius 1 is 0.909 bits per heavy atom. The van der Waals surface area contributed by atoms with Gasteiger partial charge in [0.25, 0.3) is 0 Å². The lowest BCUT2D eigenvalue weighted by Crippen LogP contribution is -1.99. The lowest BCUT2D eigenvalue weighted by atomic mass is 10.1. The highest BCUT2D eigenvalue weighted by atomic mass is 32.2. The van der Waals surface area contributed by atoms with Crippen molar-refractivity contribution in [3.63, 3.8) is 0 Å². The summed E-state index contributed by atoms with van der Waals surface area (Å²) in [5.74, 6) is 1.70. The van der Waals surface area contributed by atoms with E-state index in [0.29, 0.717) is 45.7 Å². The molecule has 0 amide bonds. The third kappa shape index (κ3) is 5.50. The summed E-state index contributed by atoms with van der Waals surface area (Å²) in [5, 5.41) is 16.9. The van der Waals surface area contributed by atoms with E-state index >= 15 is 0 Å². The molecule has 0 saturated carbocycles. The van der Waals surface area contributed by atoms with Crippen molar-refractivity contribution in [3.8, 4) is 40.1 Å². The molecule has 0 bridgehead atoms. The number of benzene rings is 2. The first kappa shape index (κ1) is 23.8. The van der Waals surface area contributed by atoms with Crippen LogP contribution in [-0.2, 0) is 4.79 Å². The van der Waals surface area contributed by atoms with Crippen LogP contribution in [-0.4, -0.2) is 61.8 Å². The van der Waals surface area contributed by atoms with Crippen LogP contribution in [0.25, 0.3) is 17.5 Å². The number of rotatable bonds is 10.